The Bertz CT molecular complexity index is 448. The van der Waals surface area contributed by atoms with E-state index >= 15 is 0 Å². The molecule has 0 aromatic heterocycles. The highest BCUT2D eigenvalue weighted by molar-refractivity contribution is 5.58. The summed E-state index contributed by atoms with van der Waals surface area (Å²) in [4.78, 5) is 2.62. The molecule has 0 radical (unpaired) electrons. The molecule has 0 amide bonds. The molecule has 0 saturated carbocycles. The number of hydrogen-bond acceptors (Lipinski definition) is 2. The molecular weight excluding hydrogens is 207 g/mol. The lowest BCUT2D eigenvalue weighted by molar-refractivity contribution is 0.625. The zero-order valence-corrected chi connectivity index (χ0v) is 9.02. The first-order valence-corrected chi connectivity index (χ1v) is 4.88. The first kappa shape index (κ1) is 12.1. The lowest BCUT2D eigenvalue weighted by atomic mass is 10.1. The molecule has 16 heavy (non-hydrogen) atoms. The summed E-state index contributed by atoms with van der Waals surface area (Å²) in [5, 5.41) is 3.37. The van der Waals surface area contributed by atoms with Crippen molar-refractivity contribution in [3.8, 4) is 0 Å². The van der Waals surface area contributed by atoms with Gasteiger partial charge in [0.2, 0.25) is 0 Å². The largest absolute Gasteiger partial charge is 0.398 e. The second kappa shape index (κ2) is 5.78. The summed E-state index contributed by atoms with van der Waals surface area (Å²) in [5.41, 5.74) is 15.4. The third-order valence-electron chi connectivity index (χ3n) is 2.14. The van der Waals surface area contributed by atoms with Crippen LogP contribution in [0.4, 0.5) is 10.1 Å². The maximum Gasteiger partial charge on any atom is 0.132 e. The standard InChI is InChI=1S/C11H13FN4/c1-8-6-9(10(12)7-11(8)13)4-2-3-5-15-16-14/h2,4,6-7H,3,5,13H2,1H3. The van der Waals surface area contributed by atoms with Crippen LogP contribution in [0.1, 0.15) is 17.5 Å². The minimum Gasteiger partial charge on any atom is -0.398 e. The van der Waals surface area contributed by atoms with Crippen molar-refractivity contribution < 1.29 is 4.39 Å². The lowest BCUT2D eigenvalue weighted by Gasteiger charge is -2.03. The van der Waals surface area contributed by atoms with Crippen molar-refractivity contribution in [2.45, 2.75) is 13.3 Å². The summed E-state index contributed by atoms with van der Waals surface area (Å²) in [7, 11) is 0. The third kappa shape index (κ3) is 3.29. The second-order valence-electron chi connectivity index (χ2n) is 3.38. The van der Waals surface area contributed by atoms with E-state index in [0.29, 0.717) is 24.2 Å². The van der Waals surface area contributed by atoms with Crippen LogP contribution in [0.15, 0.2) is 23.3 Å². The van der Waals surface area contributed by atoms with Gasteiger partial charge in [0.15, 0.2) is 0 Å². The monoisotopic (exact) mass is 220 g/mol. The number of rotatable bonds is 4. The number of nitrogen functional groups attached to an aromatic ring is 1. The van der Waals surface area contributed by atoms with Crippen LogP contribution in [-0.4, -0.2) is 6.54 Å². The molecule has 0 fully saturated rings. The van der Waals surface area contributed by atoms with Crippen molar-refractivity contribution in [2.75, 3.05) is 12.3 Å². The van der Waals surface area contributed by atoms with Gasteiger partial charge in [-0.1, -0.05) is 17.3 Å². The van der Waals surface area contributed by atoms with Gasteiger partial charge >= 0.3 is 0 Å². The van der Waals surface area contributed by atoms with Crippen molar-refractivity contribution in [3.05, 3.63) is 45.6 Å². The number of benzene rings is 1. The van der Waals surface area contributed by atoms with Crippen molar-refractivity contribution >= 4 is 11.8 Å². The summed E-state index contributed by atoms with van der Waals surface area (Å²) in [6.45, 7) is 2.20. The van der Waals surface area contributed by atoms with E-state index in [1.807, 2.05) is 6.92 Å². The number of hydrogen-bond donors (Lipinski definition) is 1. The Labute approximate surface area is 93.2 Å². The van der Waals surface area contributed by atoms with E-state index in [2.05, 4.69) is 10.0 Å². The van der Waals surface area contributed by atoms with Crippen LogP contribution in [0.2, 0.25) is 0 Å². The molecule has 0 bridgehead atoms. The second-order valence-corrected chi connectivity index (χ2v) is 3.38. The van der Waals surface area contributed by atoms with Crippen LogP contribution in [0.5, 0.6) is 0 Å². The number of halogens is 1. The quantitative estimate of drug-likeness (QED) is 0.272. The molecule has 2 N–H and O–H groups in total. The number of nitrogens with two attached hydrogens (primary N) is 1. The number of nitrogens with zero attached hydrogens (tertiary/aromatic N) is 3. The normalized spacial score (nSPS) is 10.4. The van der Waals surface area contributed by atoms with Crippen molar-refractivity contribution in [1.29, 1.82) is 0 Å². The maximum absolute atomic E-state index is 13.4. The molecule has 0 atom stereocenters. The van der Waals surface area contributed by atoms with Gasteiger partial charge in [0.05, 0.1) is 0 Å². The summed E-state index contributed by atoms with van der Waals surface area (Å²) < 4.78 is 13.4. The van der Waals surface area contributed by atoms with Crippen LogP contribution in [0, 0.1) is 12.7 Å². The van der Waals surface area contributed by atoms with Gasteiger partial charge in [0.25, 0.3) is 0 Å². The van der Waals surface area contributed by atoms with E-state index in [1.165, 1.54) is 6.07 Å². The molecule has 0 aliphatic rings. The Kier molecular flexibility index (Phi) is 4.36. The van der Waals surface area contributed by atoms with Gasteiger partial charge in [0, 0.05) is 22.7 Å². The molecule has 0 spiro atoms. The Hall–Kier alpha value is -2.00. The Balaban J connectivity index is 2.73. The van der Waals surface area contributed by atoms with Crippen molar-refractivity contribution in [1.82, 2.24) is 0 Å². The van der Waals surface area contributed by atoms with E-state index in [4.69, 9.17) is 11.3 Å². The van der Waals surface area contributed by atoms with E-state index in [-0.39, 0.29) is 5.82 Å². The predicted octanol–water partition coefficient (Wildman–Crippen LogP) is 3.43. The molecule has 84 valence electrons. The highest BCUT2D eigenvalue weighted by Crippen LogP contribution is 2.18. The van der Waals surface area contributed by atoms with E-state index in [9.17, 15) is 4.39 Å². The Morgan fingerprint density at radius 2 is 2.31 bits per heavy atom. The minimum atomic E-state index is -0.344. The van der Waals surface area contributed by atoms with Crippen LogP contribution < -0.4 is 5.73 Å². The number of anilines is 1. The number of aryl methyl sites for hydroxylation is 1. The molecule has 0 heterocycles. The lowest BCUT2D eigenvalue weighted by Crippen LogP contribution is -1.93. The topological polar surface area (TPSA) is 74.8 Å². The van der Waals surface area contributed by atoms with E-state index < -0.39 is 0 Å². The zero-order valence-electron chi connectivity index (χ0n) is 9.02. The van der Waals surface area contributed by atoms with Gasteiger partial charge in [-0.05, 0) is 36.6 Å². The molecule has 4 nitrogen and oxygen atoms in total. The minimum absolute atomic E-state index is 0.344. The van der Waals surface area contributed by atoms with Crippen LogP contribution in [0.25, 0.3) is 16.5 Å². The molecule has 0 aliphatic heterocycles. The molecule has 1 rings (SSSR count). The number of azide groups is 1. The zero-order chi connectivity index (χ0) is 12.0. The average molecular weight is 220 g/mol. The fraction of sp³-hybridized carbons (Fsp3) is 0.273. The van der Waals surface area contributed by atoms with Gasteiger partial charge in [-0.15, -0.1) is 0 Å². The van der Waals surface area contributed by atoms with Gasteiger partial charge in [0.1, 0.15) is 5.82 Å². The molecule has 0 aliphatic carbocycles. The SMILES string of the molecule is Cc1cc(C=CCCN=[N+]=[N-])c(F)cc1N. The highest BCUT2D eigenvalue weighted by Gasteiger charge is 2.01. The molecule has 0 saturated heterocycles. The molecule has 1 aromatic carbocycles. The van der Waals surface area contributed by atoms with Crippen molar-refractivity contribution in [2.24, 2.45) is 5.11 Å². The summed E-state index contributed by atoms with van der Waals surface area (Å²) >= 11 is 0. The van der Waals surface area contributed by atoms with Gasteiger partial charge < -0.3 is 5.73 Å². The first-order valence-electron chi connectivity index (χ1n) is 4.88. The van der Waals surface area contributed by atoms with Crippen molar-refractivity contribution in [3.63, 3.8) is 0 Å². The Morgan fingerprint density at radius 3 is 3.00 bits per heavy atom. The fourth-order valence-corrected chi connectivity index (χ4v) is 1.23. The van der Waals surface area contributed by atoms with Gasteiger partial charge in [-0.2, -0.15) is 0 Å². The fourth-order valence-electron chi connectivity index (χ4n) is 1.23. The molecule has 5 heteroatoms. The average Bonchev–Trinajstić information content (AvgIpc) is 2.25. The van der Waals surface area contributed by atoms with E-state index in [0.717, 1.165) is 5.56 Å². The Morgan fingerprint density at radius 1 is 1.56 bits per heavy atom. The predicted molar refractivity (Wildman–Crippen MR) is 63.2 cm³/mol. The summed E-state index contributed by atoms with van der Waals surface area (Å²) in [5.74, 6) is -0.344. The molecular formula is C11H13FN4. The van der Waals surface area contributed by atoms with Crippen LogP contribution >= 0.6 is 0 Å². The third-order valence-corrected chi connectivity index (χ3v) is 2.14. The van der Waals surface area contributed by atoms with Gasteiger partial charge in [-0.3, -0.25) is 0 Å². The summed E-state index contributed by atoms with van der Waals surface area (Å²) in [6.07, 6.45) is 4.02. The van der Waals surface area contributed by atoms with E-state index in [1.54, 1.807) is 18.2 Å². The van der Waals surface area contributed by atoms with Gasteiger partial charge in [-0.25, -0.2) is 4.39 Å². The smallest absolute Gasteiger partial charge is 0.132 e. The maximum atomic E-state index is 13.4. The summed E-state index contributed by atoms with van der Waals surface area (Å²) in [6, 6.07) is 3.00. The van der Waals surface area contributed by atoms with Crippen LogP contribution in [-0.2, 0) is 0 Å². The first-order chi connectivity index (χ1) is 7.65. The highest BCUT2D eigenvalue weighted by atomic mass is 19.1. The molecule has 0 unspecified atom stereocenters. The molecule has 1 aromatic rings. The van der Waals surface area contributed by atoms with Crippen LogP contribution in [0.3, 0.4) is 0 Å².